The number of rotatable bonds is 5. The molecule has 0 amide bonds. The fourth-order valence-corrected chi connectivity index (χ4v) is 1.73. The number of nitrogens with one attached hydrogen (secondary N) is 1. The van der Waals surface area contributed by atoms with Crippen LogP contribution in [-0.4, -0.2) is 20.3 Å². The Morgan fingerprint density at radius 3 is 2.87 bits per heavy atom. The molecule has 1 aromatic rings. The van der Waals surface area contributed by atoms with E-state index in [-0.39, 0.29) is 5.82 Å². The van der Waals surface area contributed by atoms with Crippen molar-refractivity contribution in [3.8, 4) is 0 Å². The average molecular weight is 276 g/mol. The highest BCUT2D eigenvalue weighted by molar-refractivity contribution is 9.10. The summed E-state index contributed by atoms with van der Waals surface area (Å²) >= 11 is 3.15. The highest BCUT2D eigenvalue weighted by Crippen LogP contribution is 2.23. The van der Waals surface area contributed by atoms with Crippen LogP contribution in [0.15, 0.2) is 16.6 Å². The molecule has 84 valence electrons. The van der Waals surface area contributed by atoms with Crippen LogP contribution in [-0.2, 0) is 4.74 Å². The van der Waals surface area contributed by atoms with Crippen molar-refractivity contribution >= 4 is 21.6 Å². The predicted molar refractivity (Wildman–Crippen MR) is 63.8 cm³/mol. The van der Waals surface area contributed by atoms with E-state index in [2.05, 4.69) is 21.2 Å². The average Bonchev–Trinajstić information content (AvgIpc) is 2.20. The van der Waals surface area contributed by atoms with Gasteiger partial charge >= 0.3 is 0 Å². The van der Waals surface area contributed by atoms with Crippen LogP contribution in [0.4, 0.5) is 10.1 Å². The first-order valence-electron chi connectivity index (χ1n) is 4.83. The van der Waals surface area contributed by atoms with E-state index in [9.17, 15) is 4.39 Å². The minimum Gasteiger partial charge on any atom is -0.385 e. The molecule has 2 nitrogen and oxygen atoms in total. The molecule has 1 rings (SSSR count). The molecule has 0 fully saturated rings. The van der Waals surface area contributed by atoms with Gasteiger partial charge in [-0.25, -0.2) is 4.39 Å². The van der Waals surface area contributed by atoms with E-state index in [1.54, 1.807) is 13.2 Å². The van der Waals surface area contributed by atoms with Crippen LogP contribution in [0.5, 0.6) is 0 Å². The first-order valence-corrected chi connectivity index (χ1v) is 5.63. The van der Waals surface area contributed by atoms with Gasteiger partial charge < -0.3 is 10.1 Å². The number of methoxy groups -OCH3 is 1. The second-order valence-electron chi connectivity index (χ2n) is 3.35. The normalized spacial score (nSPS) is 10.4. The number of aryl methyl sites for hydroxylation is 1. The summed E-state index contributed by atoms with van der Waals surface area (Å²) in [5, 5.41) is 3.17. The fraction of sp³-hybridized carbons (Fsp3) is 0.455. The van der Waals surface area contributed by atoms with Crippen LogP contribution in [0, 0.1) is 12.7 Å². The molecular weight excluding hydrogens is 261 g/mol. The van der Waals surface area contributed by atoms with E-state index >= 15 is 0 Å². The highest BCUT2D eigenvalue weighted by atomic mass is 79.9. The lowest BCUT2D eigenvalue weighted by Gasteiger charge is -2.10. The molecule has 0 saturated carbocycles. The summed E-state index contributed by atoms with van der Waals surface area (Å²) in [6.07, 6.45) is 0.910. The van der Waals surface area contributed by atoms with Gasteiger partial charge in [0, 0.05) is 25.9 Å². The van der Waals surface area contributed by atoms with Crippen LogP contribution in [0.3, 0.4) is 0 Å². The zero-order valence-corrected chi connectivity index (χ0v) is 10.5. The Bertz CT molecular complexity index is 331. The molecular formula is C11H15BrFNO. The van der Waals surface area contributed by atoms with Gasteiger partial charge in [-0.3, -0.25) is 0 Å². The molecule has 0 aliphatic carbocycles. The van der Waals surface area contributed by atoms with Gasteiger partial charge in [0.05, 0.1) is 4.47 Å². The van der Waals surface area contributed by atoms with Crippen molar-refractivity contribution in [2.75, 3.05) is 25.6 Å². The molecule has 0 radical (unpaired) electrons. The summed E-state index contributed by atoms with van der Waals surface area (Å²) in [5.41, 5.74) is 1.87. The van der Waals surface area contributed by atoms with E-state index in [4.69, 9.17) is 4.74 Å². The molecule has 0 aromatic heterocycles. The molecule has 1 aromatic carbocycles. The Labute approximate surface area is 98.0 Å². The quantitative estimate of drug-likeness (QED) is 0.833. The summed E-state index contributed by atoms with van der Waals surface area (Å²) in [5.74, 6) is -0.241. The first-order chi connectivity index (χ1) is 7.15. The predicted octanol–water partition coefficient (Wildman–Crippen LogP) is 3.35. The van der Waals surface area contributed by atoms with Crippen LogP contribution in [0.2, 0.25) is 0 Å². The first kappa shape index (κ1) is 12.5. The number of hydrogen-bond acceptors (Lipinski definition) is 2. The summed E-state index contributed by atoms with van der Waals surface area (Å²) in [7, 11) is 1.67. The molecule has 0 heterocycles. The van der Waals surface area contributed by atoms with Crippen LogP contribution in [0.25, 0.3) is 0 Å². The van der Waals surface area contributed by atoms with Gasteiger partial charge in [0.25, 0.3) is 0 Å². The van der Waals surface area contributed by atoms with Crippen molar-refractivity contribution in [3.05, 3.63) is 28.0 Å². The van der Waals surface area contributed by atoms with E-state index in [0.717, 1.165) is 24.2 Å². The SMILES string of the molecule is COCCCNc1cc(F)c(Br)cc1C. The van der Waals surface area contributed by atoms with Gasteiger partial charge in [0.15, 0.2) is 0 Å². The van der Waals surface area contributed by atoms with Crippen LogP contribution >= 0.6 is 15.9 Å². The lowest BCUT2D eigenvalue weighted by atomic mass is 10.2. The zero-order valence-electron chi connectivity index (χ0n) is 8.94. The maximum absolute atomic E-state index is 13.2. The van der Waals surface area contributed by atoms with Gasteiger partial charge in [-0.05, 0) is 47.0 Å². The fourth-order valence-electron chi connectivity index (χ4n) is 1.28. The molecule has 1 N–H and O–H groups in total. The molecule has 4 heteroatoms. The minimum atomic E-state index is -0.241. The van der Waals surface area contributed by atoms with Gasteiger partial charge in [-0.1, -0.05) is 0 Å². The number of anilines is 1. The minimum absolute atomic E-state index is 0.241. The van der Waals surface area contributed by atoms with E-state index in [1.165, 1.54) is 6.07 Å². The topological polar surface area (TPSA) is 21.3 Å². The summed E-state index contributed by atoms with van der Waals surface area (Å²) in [4.78, 5) is 0. The highest BCUT2D eigenvalue weighted by Gasteiger charge is 2.04. The molecule has 0 saturated heterocycles. The van der Waals surface area contributed by atoms with Gasteiger partial charge in [-0.15, -0.1) is 0 Å². The largest absolute Gasteiger partial charge is 0.385 e. The smallest absolute Gasteiger partial charge is 0.139 e. The Morgan fingerprint density at radius 1 is 1.47 bits per heavy atom. The molecule has 0 bridgehead atoms. The van der Waals surface area contributed by atoms with Crippen molar-refractivity contribution in [2.24, 2.45) is 0 Å². The van der Waals surface area contributed by atoms with Crippen molar-refractivity contribution < 1.29 is 9.13 Å². The van der Waals surface area contributed by atoms with E-state index < -0.39 is 0 Å². The Morgan fingerprint density at radius 2 is 2.20 bits per heavy atom. The number of halogens is 2. The third-order valence-corrected chi connectivity index (χ3v) is 2.72. The maximum Gasteiger partial charge on any atom is 0.139 e. The zero-order chi connectivity index (χ0) is 11.3. The van der Waals surface area contributed by atoms with Crippen LogP contribution in [0.1, 0.15) is 12.0 Å². The maximum atomic E-state index is 13.2. The molecule has 0 aliphatic rings. The summed E-state index contributed by atoms with van der Waals surface area (Å²) in [6, 6.07) is 3.28. The molecule has 0 atom stereocenters. The number of ether oxygens (including phenoxy) is 1. The van der Waals surface area contributed by atoms with Gasteiger partial charge in [-0.2, -0.15) is 0 Å². The van der Waals surface area contributed by atoms with Crippen molar-refractivity contribution in [1.82, 2.24) is 0 Å². The standard InChI is InChI=1S/C11H15BrFNO/c1-8-6-9(12)10(13)7-11(8)14-4-3-5-15-2/h6-7,14H,3-5H2,1-2H3. The van der Waals surface area contributed by atoms with Gasteiger partial charge in [0.2, 0.25) is 0 Å². The summed E-state index contributed by atoms with van der Waals surface area (Å²) in [6.45, 7) is 3.45. The lowest BCUT2D eigenvalue weighted by molar-refractivity contribution is 0.198. The van der Waals surface area contributed by atoms with Crippen molar-refractivity contribution in [3.63, 3.8) is 0 Å². The molecule has 0 aliphatic heterocycles. The number of benzene rings is 1. The lowest BCUT2D eigenvalue weighted by Crippen LogP contribution is -2.06. The second kappa shape index (κ2) is 6.08. The van der Waals surface area contributed by atoms with Crippen molar-refractivity contribution in [2.45, 2.75) is 13.3 Å². The second-order valence-corrected chi connectivity index (χ2v) is 4.21. The Kier molecular flexibility index (Phi) is 5.05. The van der Waals surface area contributed by atoms with Crippen molar-refractivity contribution in [1.29, 1.82) is 0 Å². The van der Waals surface area contributed by atoms with Crippen LogP contribution < -0.4 is 5.32 Å². The summed E-state index contributed by atoms with van der Waals surface area (Å²) < 4.78 is 18.7. The van der Waals surface area contributed by atoms with Gasteiger partial charge in [0.1, 0.15) is 5.82 Å². The molecule has 0 spiro atoms. The van der Waals surface area contributed by atoms with E-state index in [1.807, 2.05) is 6.92 Å². The Hall–Kier alpha value is -0.610. The van der Waals surface area contributed by atoms with E-state index in [0.29, 0.717) is 11.1 Å². The molecule has 15 heavy (non-hydrogen) atoms. The number of hydrogen-bond donors (Lipinski definition) is 1. The molecule has 0 unspecified atom stereocenters. The monoisotopic (exact) mass is 275 g/mol. The Balaban J connectivity index is 2.57. The third kappa shape index (κ3) is 3.80. The third-order valence-electron chi connectivity index (χ3n) is 2.11.